The zero-order valence-electron chi connectivity index (χ0n) is 17.0. The van der Waals surface area contributed by atoms with E-state index in [1.165, 1.54) is 6.08 Å². The summed E-state index contributed by atoms with van der Waals surface area (Å²) in [5, 5.41) is 2.86. The molecule has 0 aliphatic carbocycles. The van der Waals surface area contributed by atoms with E-state index in [2.05, 4.69) is 20.2 Å². The average Bonchev–Trinajstić information content (AvgIpc) is 2.76. The van der Waals surface area contributed by atoms with Gasteiger partial charge in [-0.25, -0.2) is 9.97 Å². The number of amides is 1. The number of anilines is 1. The molecule has 1 aromatic heterocycles. The number of nitrogens with zero attached hydrogens (tertiary/aromatic N) is 3. The zero-order valence-corrected chi connectivity index (χ0v) is 17.0. The minimum atomic E-state index is -0.205. The van der Waals surface area contributed by atoms with E-state index in [9.17, 15) is 4.79 Å². The van der Waals surface area contributed by atoms with Crippen LogP contribution in [0.2, 0.25) is 0 Å². The average molecular weight is 398 g/mol. The third-order valence-electron chi connectivity index (χ3n) is 4.47. The molecule has 1 N–H and O–H groups in total. The van der Waals surface area contributed by atoms with E-state index >= 15 is 0 Å². The third kappa shape index (κ3) is 5.68. The molecule has 0 radical (unpaired) electrons. The van der Waals surface area contributed by atoms with Crippen molar-refractivity contribution < 1.29 is 19.0 Å². The number of carbonyl (C=O) groups excluding carboxylic acids is 1. The van der Waals surface area contributed by atoms with E-state index in [0.717, 1.165) is 30.0 Å². The molecule has 2 heterocycles. The van der Waals surface area contributed by atoms with E-state index in [4.69, 9.17) is 14.2 Å². The number of ether oxygens (including phenoxy) is 3. The highest BCUT2D eigenvalue weighted by atomic mass is 16.5. The van der Waals surface area contributed by atoms with Gasteiger partial charge in [-0.2, -0.15) is 0 Å². The third-order valence-corrected chi connectivity index (χ3v) is 4.47. The summed E-state index contributed by atoms with van der Waals surface area (Å²) in [5.74, 6) is 1.73. The fourth-order valence-electron chi connectivity index (χ4n) is 2.98. The predicted molar refractivity (Wildman–Crippen MR) is 110 cm³/mol. The molecule has 1 aromatic carbocycles. The van der Waals surface area contributed by atoms with Crippen LogP contribution in [0.4, 0.5) is 5.95 Å². The van der Waals surface area contributed by atoms with Gasteiger partial charge in [0.1, 0.15) is 0 Å². The van der Waals surface area contributed by atoms with Gasteiger partial charge in [0.2, 0.25) is 11.9 Å². The molecule has 8 nitrogen and oxygen atoms in total. The summed E-state index contributed by atoms with van der Waals surface area (Å²) < 4.78 is 15.9. The number of aromatic nitrogens is 2. The van der Waals surface area contributed by atoms with Gasteiger partial charge in [0.25, 0.3) is 0 Å². The number of carbonyl (C=O) groups is 1. The second-order valence-corrected chi connectivity index (χ2v) is 6.57. The van der Waals surface area contributed by atoms with Crippen LogP contribution in [0, 0.1) is 6.92 Å². The summed E-state index contributed by atoms with van der Waals surface area (Å²) in [6.07, 6.45) is 3.21. The van der Waals surface area contributed by atoms with Crippen LogP contribution in [-0.4, -0.2) is 56.4 Å². The first kappa shape index (κ1) is 20.6. The molecule has 154 valence electrons. The van der Waals surface area contributed by atoms with E-state index in [-0.39, 0.29) is 5.91 Å². The highest BCUT2D eigenvalue weighted by molar-refractivity contribution is 5.91. The maximum Gasteiger partial charge on any atom is 0.244 e. The molecule has 3 rings (SSSR count). The van der Waals surface area contributed by atoms with Gasteiger partial charge in [-0.3, -0.25) is 4.79 Å². The lowest BCUT2D eigenvalue weighted by Crippen LogP contribution is -2.37. The van der Waals surface area contributed by atoms with Crippen molar-refractivity contribution in [1.29, 1.82) is 0 Å². The maximum atomic E-state index is 12.2. The Labute approximate surface area is 170 Å². The molecule has 0 spiro atoms. The number of methoxy groups -OCH3 is 2. The first-order valence-corrected chi connectivity index (χ1v) is 9.44. The Bertz CT molecular complexity index is 879. The van der Waals surface area contributed by atoms with Gasteiger partial charge in [-0.05, 0) is 36.8 Å². The highest BCUT2D eigenvalue weighted by Crippen LogP contribution is 2.27. The summed E-state index contributed by atoms with van der Waals surface area (Å²) in [7, 11) is 3.16. The summed E-state index contributed by atoms with van der Waals surface area (Å²) >= 11 is 0. The molecule has 1 saturated heterocycles. The minimum absolute atomic E-state index is 0.205. The van der Waals surface area contributed by atoms with Gasteiger partial charge < -0.3 is 24.4 Å². The second-order valence-electron chi connectivity index (χ2n) is 6.57. The van der Waals surface area contributed by atoms with Gasteiger partial charge in [-0.1, -0.05) is 6.07 Å². The van der Waals surface area contributed by atoms with Crippen LogP contribution in [0.3, 0.4) is 0 Å². The Kier molecular flexibility index (Phi) is 7.02. The summed E-state index contributed by atoms with van der Waals surface area (Å²) in [6, 6.07) is 7.34. The quantitative estimate of drug-likeness (QED) is 0.714. The lowest BCUT2D eigenvalue weighted by molar-refractivity contribution is -0.116. The molecule has 0 atom stereocenters. The van der Waals surface area contributed by atoms with Gasteiger partial charge in [0.15, 0.2) is 11.5 Å². The van der Waals surface area contributed by atoms with Crippen molar-refractivity contribution in [2.75, 3.05) is 45.4 Å². The summed E-state index contributed by atoms with van der Waals surface area (Å²) in [4.78, 5) is 23.4. The van der Waals surface area contributed by atoms with Crippen LogP contribution < -0.4 is 19.7 Å². The second kappa shape index (κ2) is 9.88. The Hall–Kier alpha value is -3.13. The normalized spacial score (nSPS) is 14.1. The van der Waals surface area contributed by atoms with E-state index in [0.29, 0.717) is 37.2 Å². The van der Waals surface area contributed by atoms with Crippen LogP contribution in [0.1, 0.15) is 17.0 Å². The smallest absolute Gasteiger partial charge is 0.244 e. The van der Waals surface area contributed by atoms with Crippen LogP contribution >= 0.6 is 0 Å². The monoisotopic (exact) mass is 398 g/mol. The van der Waals surface area contributed by atoms with Crippen molar-refractivity contribution in [1.82, 2.24) is 15.3 Å². The summed E-state index contributed by atoms with van der Waals surface area (Å²) in [5.41, 5.74) is 2.48. The molecular weight excluding hydrogens is 372 g/mol. The van der Waals surface area contributed by atoms with Crippen LogP contribution in [-0.2, 0) is 16.1 Å². The van der Waals surface area contributed by atoms with Crippen molar-refractivity contribution in [3.63, 3.8) is 0 Å². The molecule has 1 aliphatic heterocycles. The van der Waals surface area contributed by atoms with Crippen LogP contribution in [0.5, 0.6) is 11.5 Å². The molecule has 0 bridgehead atoms. The van der Waals surface area contributed by atoms with Crippen LogP contribution in [0.15, 0.2) is 30.3 Å². The Morgan fingerprint density at radius 3 is 2.66 bits per heavy atom. The lowest BCUT2D eigenvalue weighted by Gasteiger charge is -2.27. The van der Waals surface area contributed by atoms with Crippen molar-refractivity contribution in [3.8, 4) is 11.5 Å². The fraction of sp³-hybridized carbons (Fsp3) is 0.381. The lowest BCUT2D eigenvalue weighted by atomic mass is 10.2. The molecule has 29 heavy (non-hydrogen) atoms. The highest BCUT2D eigenvalue weighted by Gasteiger charge is 2.15. The Morgan fingerprint density at radius 2 is 1.93 bits per heavy atom. The van der Waals surface area contributed by atoms with Gasteiger partial charge in [0, 0.05) is 24.9 Å². The maximum absolute atomic E-state index is 12.2. The topological polar surface area (TPSA) is 85.8 Å². The van der Waals surface area contributed by atoms with Crippen LogP contribution in [0.25, 0.3) is 6.08 Å². The van der Waals surface area contributed by atoms with E-state index < -0.39 is 0 Å². The SMILES string of the molecule is COc1ccc(C=CC(=O)NCc2cc(C)nc(N3CCOCC3)n2)cc1OC. The first-order valence-electron chi connectivity index (χ1n) is 9.44. The standard InChI is InChI=1S/C21H26N4O4/c1-15-12-17(24-21(23-15)25-8-10-29-11-9-25)14-22-20(26)7-5-16-4-6-18(27-2)19(13-16)28-3/h4-7,12-13H,8-11,14H2,1-3H3,(H,22,26). The van der Waals surface area contributed by atoms with Crippen molar-refractivity contribution in [2.24, 2.45) is 0 Å². The van der Waals surface area contributed by atoms with Crippen molar-refractivity contribution in [2.45, 2.75) is 13.5 Å². The molecule has 1 fully saturated rings. The van der Waals surface area contributed by atoms with Crippen molar-refractivity contribution >= 4 is 17.9 Å². The van der Waals surface area contributed by atoms with Gasteiger partial charge >= 0.3 is 0 Å². The van der Waals surface area contributed by atoms with Gasteiger partial charge in [0.05, 0.1) is 39.7 Å². The minimum Gasteiger partial charge on any atom is -0.493 e. The molecule has 2 aromatic rings. The summed E-state index contributed by atoms with van der Waals surface area (Å²) in [6.45, 7) is 5.13. The van der Waals surface area contributed by atoms with E-state index in [1.807, 2.05) is 25.1 Å². The molecule has 0 unspecified atom stereocenters. The molecule has 1 aliphatic rings. The number of hydrogen-bond acceptors (Lipinski definition) is 7. The number of nitrogens with one attached hydrogen (secondary N) is 1. The Balaban J connectivity index is 1.60. The predicted octanol–water partition coefficient (Wildman–Crippen LogP) is 1.97. The van der Waals surface area contributed by atoms with E-state index in [1.54, 1.807) is 26.4 Å². The molecule has 0 saturated carbocycles. The fourth-order valence-corrected chi connectivity index (χ4v) is 2.98. The number of benzene rings is 1. The number of aryl methyl sites for hydroxylation is 1. The first-order chi connectivity index (χ1) is 14.1. The molecular formula is C21H26N4O4. The Morgan fingerprint density at radius 1 is 1.17 bits per heavy atom. The number of rotatable bonds is 7. The van der Waals surface area contributed by atoms with Gasteiger partial charge in [-0.15, -0.1) is 0 Å². The number of hydrogen-bond donors (Lipinski definition) is 1. The molecule has 8 heteroatoms. The van der Waals surface area contributed by atoms with Crippen molar-refractivity contribution in [3.05, 3.63) is 47.3 Å². The largest absolute Gasteiger partial charge is 0.493 e. The zero-order chi connectivity index (χ0) is 20.6. The molecule has 1 amide bonds. The number of morpholine rings is 1.